The van der Waals surface area contributed by atoms with Gasteiger partial charge in [-0.2, -0.15) is 0 Å². The summed E-state index contributed by atoms with van der Waals surface area (Å²) >= 11 is 20.0. The summed E-state index contributed by atoms with van der Waals surface area (Å²) in [5.74, 6) is 0. The molecule has 2 aliphatic heterocycles. The molecule has 7 heteroatoms. The topological polar surface area (TPSA) is 6.48 Å². The zero-order chi connectivity index (χ0) is 24.1. The summed E-state index contributed by atoms with van der Waals surface area (Å²) in [6, 6.07) is 16.5. The normalized spacial score (nSPS) is 13.0. The first-order valence-electron chi connectivity index (χ1n) is 11.8. The van der Waals surface area contributed by atoms with Crippen LogP contribution in [0.25, 0.3) is 0 Å². The molecule has 0 saturated heterocycles. The smallest absolute Gasteiger partial charge is 0.0430 e. The van der Waals surface area contributed by atoms with E-state index in [9.17, 15) is 0 Å². The number of nitrogens with zero attached hydrogens (tertiary/aromatic N) is 2. The predicted octanol–water partition coefficient (Wildman–Crippen LogP) is 6.89. The van der Waals surface area contributed by atoms with Crippen LogP contribution < -0.4 is 9.80 Å². The van der Waals surface area contributed by atoms with E-state index in [0.29, 0.717) is 8.64 Å². The number of unbranched alkanes of at least 4 members (excludes halogenated alkanes) is 2. The van der Waals surface area contributed by atoms with Gasteiger partial charge in [0.1, 0.15) is 0 Å². The van der Waals surface area contributed by atoms with E-state index in [2.05, 4.69) is 50.2 Å². The Balaban J connectivity index is 0.000000178. The molecule has 0 N–H and O–H groups in total. The quantitative estimate of drug-likeness (QED) is 0.149. The Morgan fingerprint density at radius 1 is 0.758 bits per heavy atom. The number of anilines is 2. The first kappa shape index (κ1) is 28.7. The van der Waals surface area contributed by atoms with Crippen LogP contribution in [0.2, 0.25) is 8.87 Å². The van der Waals surface area contributed by atoms with Crippen LogP contribution in [0.3, 0.4) is 0 Å². The molecule has 2 aliphatic rings. The van der Waals surface area contributed by atoms with Gasteiger partial charge in [0.2, 0.25) is 0 Å². The number of benzene rings is 2. The molecule has 2 heterocycles. The van der Waals surface area contributed by atoms with Gasteiger partial charge in [0.15, 0.2) is 0 Å². The van der Waals surface area contributed by atoms with Crippen LogP contribution in [0.4, 0.5) is 11.4 Å². The molecule has 0 amide bonds. The molecule has 0 bridgehead atoms. The molecule has 4 rings (SSSR count). The molecule has 0 fully saturated rings. The van der Waals surface area contributed by atoms with E-state index in [-0.39, 0.29) is 21.1 Å². The van der Waals surface area contributed by atoms with Crippen molar-refractivity contribution in [3.63, 3.8) is 0 Å². The zero-order valence-corrected chi connectivity index (χ0v) is 25.8. The van der Waals surface area contributed by atoms with E-state index in [4.69, 9.17) is 49.7 Å². The van der Waals surface area contributed by atoms with Crippen molar-refractivity contribution in [3.05, 3.63) is 59.7 Å². The first-order valence-corrected chi connectivity index (χ1v) is 17.5. The van der Waals surface area contributed by atoms with Crippen LogP contribution in [-0.2, 0) is 38.1 Å². The Labute approximate surface area is 232 Å². The standard InChI is InChI=1S/2C9H9NS2.2C4H9.Sn/c2*11-9(12)10-6-5-7-3-1-2-4-8(7)10;2*1-3-4-2;/h2*1-4H,5-6H2,(H,11,12);2*1,3-4H2,2H3;/q;;;;+2/p-2. The van der Waals surface area contributed by atoms with Gasteiger partial charge < -0.3 is 59.5 Å². The average Bonchev–Trinajstić information content (AvgIpc) is 3.44. The summed E-state index contributed by atoms with van der Waals surface area (Å²) in [6.07, 6.45) is 7.96. The van der Waals surface area contributed by atoms with Gasteiger partial charge in [0.25, 0.3) is 0 Å². The summed E-state index contributed by atoms with van der Waals surface area (Å²) in [4.78, 5) is 4.03. The second-order valence-electron chi connectivity index (χ2n) is 8.05. The summed E-state index contributed by atoms with van der Waals surface area (Å²) in [5.41, 5.74) is 5.09. The third kappa shape index (κ3) is 9.55. The van der Waals surface area contributed by atoms with E-state index < -0.39 is 0 Å². The largest absolute Gasteiger partial charge is 0.411 e. The van der Waals surface area contributed by atoms with E-state index in [1.165, 1.54) is 48.2 Å². The van der Waals surface area contributed by atoms with Crippen molar-refractivity contribution < 1.29 is 0 Å². The maximum atomic E-state index is 4.97. The van der Waals surface area contributed by atoms with Gasteiger partial charge in [-0.25, -0.2) is 0 Å². The van der Waals surface area contributed by atoms with E-state index in [1.807, 2.05) is 21.9 Å². The molecule has 33 heavy (non-hydrogen) atoms. The fraction of sp³-hybridized carbons (Fsp3) is 0.462. The second kappa shape index (κ2) is 16.2. The van der Waals surface area contributed by atoms with Gasteiger partial charge >= 0.3 is 69.5 Å². The number of para-hydroxylation sites is 2. The minimum absolute atomic E-state index is 0.149. The Hall–Kier alpha value is -0.541. The number of thiocarbonyl (C=S) groups is 2. The van der Waals surface area contributed by atoms with Crippen LogP contribution >= 0.6 is 24.4 Å². The zero-order valence-electron chi connectivity index (χ0n) is 19.7. The molecular formula is C26H34N2S4Sn. The van der Waals surface area contributed by atoms with Crippen molar-refractivity contribution in [1.29, 1.82) is 0 Å². The van der Waals surface area contributed by atoms with Gasteiger partial charge in [-0.1, -0.05) is 45.0 Å². The van der Waals surface area contributed by atoms with Crippen LogP contribution in [-0.4, -0.2) is 42.9 Å². The second-order valence-corrected chi connectivity index (χ2v) is 14.4. The van der Waals surface area contributed by atoms with Crippen molar-refractivity contribution in [2.24, 2.45) is 0 Å². The number of hydrogen-bond acceptors (Lipinski definition) is 4. The van der Waals surface area contributed by atoms with Gasteiger partial charge in [-0.3, -0.25) is 0 Å². The molecule has 2 aromatic carbocycles. The Bertz CT molecular complexity index is 819. The summed E-state index contributed by atoms with van der Waals surface area (Å²) in [5, 5.41) is 0. The SMILES string of the molecule is CCC[CH2][Sn+2][CH2]CCC.S=C([S-])N1CCc2ccccc21.S=C([S-])N1CCc2ccccc21. The Kier molecular flexibility index (Phi) is 14.1. The van der Waals surface area contributed by atoms with Gasteiger partial charge in [-0.05, 0) is 36.1 Å². The molecule has 0 atom stereocenters. The van der Waals surface area contributed by atoms with Crippen molar-refractivity contribution in [2.45, 2.75) is 61.2 Å². The van der Waals surface area contributed by atoms with Crippen LogP contribution in [0.1, 0.15) is 50.7 Å². The van der Waals surface area contributed by atoms with Gasteiger partial charge in [0.05, 0.1) is 0 Å². The number of rotatable bonds is 6. The Morgan fingerprint density at radius 2 is 1.15 bits per heavy atom. The first-order chi connectivity index (χ1) is 16.0. The molecule has 2 nitrogen and oxygen atoms in total. The fourth-order valence-electron chi connectivity index (χ4n) is 3.78. The fourth-order valence-corrected chi connectivity index (χ4v) is 8.70. The third-order valence-corrected chi connectivity index (χ3v) is 10.5. The predicted molar refractivity (Wildman–Crippen MR) is 160 cm³/mol. The molecule has 0 aliphatic carbocycles. The summed E-state index contributed by atoms with van der Waals surface area (Å²) < 4.78 is 4.36. The average molecular weight is 622 g/mol. The van der Waals surface area contributed by atoms with Crippen LogP contribution in [0, 0.1) is 0 Å². The number of hydrogen-bond donors (Lipinski definition) is 0. The monoisotopic (exact) mass is 622 g/mol. The summed E-state index contributed by atoms with van der Waals surface area (Å²) in [6.45, 7) is 6.47. The maximum absolute atomic E-state index is 4.97. The molecule has 2 aromatic rings. The molecule has 0 aromatic heterocycles. The molecular weight excluding hydrogens is 587 g/mol. The van der Waals surface area contributed by atoms with Crippen molar-refractivity contribution in [2.75, 3.05) is 22.9 Å². The van der Waals surface area contributed by atoms with Crippen LogP contribution in [0.15, 0.2) is 48.5 Å². The van der Waals surface area contributed by atoms with Crippen molar-refractivity contribution in [3.8, 4) is 0 Å². The maximum Gasteiger partial charge on any atom is 0.0430 e. The molecule has 0 radical (unpaired) electrons. The number of fused-ring (bicyclic) bond motifs is 2. The molecule has 0 saturated carbocycles. The minimum atomic E-state index is 0.149. The third-order valence-electron chi connectivity index (χ3n) is 5.63. The van der Waals surface area contributed by atoms with Crippen molar-refractivity contribution >= 4 is 90.9 Å². The molecule has 0 unspecified atom stereocenters. The molecule has 176 valence electrons. The van der Waals surface area contributed by atoms with E-state index in [1.54, 1.807) is 8.87 Å². The van der Waals surface area contributed by atoms with Crippen molar-refractivity contribution in [1.82, 2.24) is 0 Å². The summed E-state index contributed by atoms with van der Waals surface area (Å²) in [7, 11) is 0. The minimum Gasteiger partial charge on any atom is -0.411 e. The van der Waals surface area contributed by atoms with Crippen LogP contribution in [0.5, 0.6) is 0 Å². The van der Waals surface area contributed by atoms with Gasteiger partial charge in [0, 0.05) is 24.5 Å². The Morgan fingerprint density at radius 3 is 1.52 bits per heavy atom. The van der Waals surface area contributed by atoms with E-state index in [0.717, 1.165) is 25.9 Å². The van der Waals surface area contributed by atoms with Gasteiger partial charge in [-0.15, -0.1) is 0 Å². The molecule has 0 spiro atoms. The van der Waals surface area contributed by atoms with E-state index >= 15 is 0 Å².